The Morgan fingerprint density at radius 3 is 2.23 bits per heavy atom. The molecule has 4 rings (SSSR count). The highest BCUT2D eigenvalue weighted by Crippen LogP contribution is 2.40. The third kappa shape index (κ3) is 5.05. The zero-order chi connectivity index (χ0) is 29.6. The van der Waals surface area contributed by atoms with Crippen LogP contribution in [0.25, 0.3) is 0 Å². The highest BCUT2D eigenvalue weighted by molar-refractivity contribution is 6.16. The van der Waals surface area contributed by atoms with Gasteiger partial charge in [-0.15, -0.1) is 0 Å². The minimum absolute atomic E-state index is 0.0338. The zero-order valence-electron chi connectivity index (χ0n) is 21.9. The molecule has 1 unspecified atom stereocenters. The van der Waals surface area contributed by atoms with E-state index in [0.717, 1.165) is 9.63 Å². The van der Waals surface area contributed by atoms with Gasteiger partial charge in [0.1, 0.15) is 17.4 Å². The van der Waals surface area contributed by atoms with Crippen molar-refractivity contribution in [2.75, 3.05) is 25.0 Å². The lowest BCUT2D eigenvalue weighted by Crippen LogP contribution is -2.60. The van der Waals surface area contributed by atoms with Crippen molar-refractivity contribution >= 4 is 29.4 Å². The van der Waals surface area contributed by atoms with Gasteiger partial charge < -0.3 is 10.2 Å². The van der Waals surface area contributed by atoms with Crippen LogP contribution in [0.5, 0.6) is 0 Å². The number of halogens is 4. The first-order valence-electron chi connectivity index (χ1n) is 12.5. The number of anilines is 1. The van der Waals surface area contributed by atoms with E-state index in [9.17, 15) is 41.9 Å². The van der Waals surface area contributed by atoms with Crippen molar-refractivity contribution in [3.8, 4) is 0 Å². The molecule has 0 radical (unpaired) electrons. The molecule has 1 aromatic carbocycles. The normalized spacial score (nSPS) is 18.1. The maximum atomic E-state index is 14.3. The monoisotopic (exact) mass is 566 g/mol. The summed E-state index contributed by atoms with van der Waals surface area (Å²) in [6.45, 7) is 3.31. The molecule has 3 heterocycles. The van der Waals surface area contributed by atoms with E-state index < -0.39 is 64.4 Å². The van der Waals surface area contributed by atoms with Crippen LogP contribution in [0, 0.1) is 11.7 Å². The SMILES string of the molecule is CC(C)C(NC(=O)c1cc(C(F)(F)F)ccc1F)C(=O)N1CCC2(CC1)C(=O)N(C)C(=O)N2c1cc[n+](O)cc1. The van der Waals surface area contributed by atoms with Gasteiger partial charge in [0.05, 0.1) is 16.8 Å². The molecular formula is C26H28F4N5O5+. The summed E-state index contributed by atoms with van der Waals surface area (Å²) >= 11 is 0. The van der Waals surface area contributed by atoms with E-state index in [2.05, 4.69) is 5.32 Å². The lowest BCUT2D eigenvalue weighted by Gasteiger charge is -2.43. The van der Waals surface area contributed by atoms with E-state index in [1.165, 1.54) is 41.4 Å². The molecule has 2 aliphatic heterocycles. The van der Waals surface area contributed by atoms with Gasteiger partial charge in [0, 0.05) is 37.0 Å². The maximum absolute atomic E-state index is 14.3. The van der Waals surface area contributed by atoms with Gasteiger partial charge in [-0.3, -0.25) is 29.4 Å². The molecule has 5 amide bonds. The molecule has 10 nitrogen and oxygen atoms in total. The van der Waals surface area contributed by atoms with Crippen molar-refractivity contribution in [2.24, 2.45) is 5.92 Å². The quantitative estimate of drug-likeness (QED) is 0.250. The highest BCUT2D eigenvalue weighted by atomic mass is 19.4. The summed E-state index contributed by atoms with van der Waals surface area (Å²) in [5.41, 5.74) is -2.94. The number of alkyl halides is 3. The van der Waals surface area contributed by atoms with Crippen LogP contribution < -0.4 is 14.9 Å². The molecule has 0 bridgehead atoms. The van der Waals surface area contributed by atoms with Crippen LogP contribution in [0.3, 0.4) is 0 Å². The Hall–Kier alpha value is -4.23. The number of nitrogens with zero attached hydrogens (tertiary/aromatic N) is 4. The van der Waals surface area contributed by atoms with Gasteiger partial charge in [0.2, 0.25) is 18.3 Å². The first-order valence-corrected chi connectivity index (χ1v) is 12.5. The number of benzene rings is 1. The predicted molar refractivity (Wildman–Crippen MR) is 131 cm³/mol. The fraction of sp³-hybridized carbons (Fsp3) is 0.423. The van der Waals surface area contributed by atoms with Gasteiger partial charge in [-0.1, -0.05) is 13.8 Å². The van der Waals surface area contributed by atoms with Crippen LogP contribution in [0.2, 0.25) is 0 Å². The minimum Gasteiger partial charge on any atom is -0.341 e. The number of likely N-dealkylation sites (tertiary alicyclic amines) is 1. The smallest absolute Gasteiger partial charge is 0.341 e. The van der Waals surface area contributed by atoms with Crippen molar-refractivity contribution in [1.29, 1.82) is 0 Å². The third-order valence-electron chi connectivity index (χ3n) is 7.32. The number of likely N-dealkylation sites (N-methyl/N-ethyl adjacent to an activating group) is 1. The largest absolute Gasteiger partial charge is 0.416 e. The topological polar surface area (TPSA) is 114 Å². The number of imide groups is 1. The summed E-state index contributed by atoms with van der Waals surface area (Å²) in [5, 5.41) is 11.9. The second kappa shape index (κ2) is 10.4. The van der Waals surface area contributed by atoms with Crippen molar-refractivity contribution < 1.29 is 46.7 Å². The summed E-state index contributed by atoms with van der Waals surface area (Å²) in [6.07, 6.45) is -2.03. The van der Waals surface area contributed by atoms with Crippen LogP contribution in [-0.2, 0) is 15.8 Å². The number of carbonyl (C=O) groups excluding carboxylic acids is 4. The number of aromatic nitrogens is 1. The molecular weight excluding hydrogens is 538 g/mol. The Bertz CT molecular complexity index is 1340. The third-order valence-corrected chi connectivity index (χ3v) is 7.32. The highest BCUT2D eigenvalue weighted by Gasteiger charge is 2.58. The van der Waals surface area contributed by atoms with Crippen molar-refractivity contribution in [3.05, 3.63) is 59.7 Å². The van der Waals surface area contributed by atoms with Gasteiger partial charge >= 0.3 is 12.2 Å². The number of hydrogen-bond acceptors (Lipinski definition) is 5. The van der Waals surface area contributed by atoms with Gasteiger partial charge in [-0.05, 0) is 37.0 Å². The summed E-state index contributed by atoms with van der Waals surface area (Å²) in [7, 11) is 1.36. The van der Waals surface area contributed by atoms with Crippen molar-refractivity contribution in [1.82, 2.24) is 15.1 Å². The number of hydrogen-bond donors (Lipinski definition) is 2. The zero-order valence-corrected chi connectivity index (χ0v) is 21.9. The van der Waals surface area contributed by atoms with E-state index in [-0.39, 0.29) is 25.9 Å². The van der Waals surface area contributed by atoms with Crippen LogP contribution in [-0.4, -0.2) is 70.5 Å². The van der Waals surface area contributed by atoms with Crippen LogP contribution in [0.1, 0.15) is 42.6 Å². The molecule has 40 heavy (non-hydrogen) atoms. The number of amides is 5. The van der Waals surface area contributed by atoms with E-state index >= 15 is 0 Å². The number of carbonyl (C=O) groups is 4. The summed E-state index contributed by atoms with van der Waals surface area (Å²) in [5.74, 6) is -3.84. The Morgan fingerprint density at radius 1 is 1.07 bits per heavy atom. The lowest BCUT2D eigenvalue weighted by atomic mass is 9.85. The number of urea groups is 1. The molecule has 2 saturated heterocycles. The van der Waals surface area contributed by atoms with Crippen LogP contribution in [0.4, 0.5) is 28.0 Å². The summed E-state index contributed by atoms with van der Waals surface area (Å²) < 4.78 is 54.4. The molecule has 1 aromatic heterocycles. The van der Waals surface area contributed by atoms with Crippen molar-refractivity contribution in [2.45, 2.75) is 44.4 Å². The Balaban J connectivity index is 1.53. The van der Waals surface area contributed by atoms with Gasteiger partial charge in [0.25, 0.3) is 11.8 Å². The molecule has 2 aliphatic rings. The van der Waals surface area contributed by atoms with Gasteiger partial charge in [0.15, 0.2) is 0 Å². The molecule has 2 N–H and O–H groups in total. The first-order chi connectivity index (χ1) is 18.7. The standard InChI is InChI=1S/C26H27F4N5O5/c1-15(2)20(31-21(36)18-14-16(26(28,29)30)4-5-19(18)27)22(37)33-12-8-25(9-13-33)23(38)32(3)24(39)35(25)17-6-10-34(40)11-7-17/h4-7,10-11,14-15,20H,8-9,12-13H2,1-3H3,(H-,31,36,40)/p+1. The van der Waals surface area contributed by atoms with Gasteiger partial charge in [-0.25, -0.2) is 9.18 Å². The Kier molecular flexibility index (Phi) is 7.47. The number of rotatable bonds is 5. The molecule has 0 aliphatic carbocycles. The van der Waals surface area contributed by atoms with E-state index in [1.807, 2.05) is 0 Å². The van der Waals surface area contributed by atoms with E-state index in [0.29, 0.717) is 23.9 Å². The van der Waals surface area contributed by atoms with Crippen LogP contribution in [0.15, 0.2) is 42.7 Å². The predicted octanol–water partition coefficient (Wildman–Crippen LogP) is 2.58. The number of pyridine rings is 1. The molecule has 0 saturated carbocycles. The molecule has 1 spiro atoms. The molecule has 2 aromatic rings. The minimum atomic E-state index is -4.79. The molecule has 14 heteroatoms. The lowest BCUT2D eigenvalue weighted by molar-refractivity contribution is -0.904. The second-order valence-electron chi connectivity index (χ2n) is 10.2. The van der Waals surface area contributed by atoms with Gasteiger partial charge in [-0.2, -0.15) is 13.2 Å². The maximum Gasteiger partial charge on any atom is 0.416 e. The summed E-state index contributed by atoms with van der Waals surface area (Å²) in [6, 6.07) is 2.66. The molecule has 2 fully saturated rings. The fourth-order valence-electron chi connectivity index (χ4n) is 5.08. The number of nitrogens with one attached hydrogen (secondary N) is 1. The molecule has 1 atom stereocenters. The average molecular weight is 567 g/mol. The summed E-state index contributed by atoms with van der Waals surface area (Å²) in [4.78, 5) is 56.2. The first kappa shape index (κ1) is 28.8. The van der Waals surface area contributed by atoms with Crippen molar-refractivity contribution in [3.63, 3.8) is 0 Å². The Morgan fingerprint density at radius 2 is 1.68 bits per heavy atom. The number of piperidine rings is 1. The van der Waals surface area contributed by atoms with E-state index in [1.54, 1.807) is 13.8 Å². The van der Waals surface area contributed by atoms with Crippen LogP contribution >= 0.6 is 0 Å². The Labute approximate surface area is 226 Å². The van der Waals surface area contributed by atoms with E-state index in [4.69, 9.17) is 0 Å². The fourth-order valence-corrected chi connectivity index (χ4v) is 5.08. The second-order valence-corrected chi connectivity index (χ2v) is 10.2. The average Bonchev–Trinajstić information content (AvgIpc) is 3.07. The molecule has 214 valence electrons.